The molecule has 0 saturated heterocycles. The molecule has 1 heterocycles. The number of aromatic nitrogens is 1. The molecule has 0 aromatic carbocycles. The molecule has 0 aliphatic carbocycles. The number of nitrogens with zero attached hydrogens (tertiary/aromatic N) is 1. The fourth-order valence-corrected chi connectivity index (χ4v) is 1.84. The van der Waals surface area contributed by atoms with Gasteiger partial charge in [-0.2, -0.15) is 0 Å². The Labute approximate surface area is 91.5 Å². The van der Waals surface area contributed by atoms with E-state index in [2.05, 4.69) is 15.6 Å². The number of aliphatic hydroxyl groups excluding tert-OH is 1. The zero-order chi connectivity index (χ0) is 11.3. The smallest absolute Gasteiger partial charge is 0.265 e. The summed E-state index contributed by atoms with van der Waals surface area (Å²) in [4.78, 5) is 15.8. The van der Waals surface area contributed by atoms with Crippen molar-refractivity contribution in [3.8, 4) is 0 Å². The first-order valence-electron chi connectivity index (χ1n) is 4.58. The van der Waals surface area contributed by atoms with Crippen LogP contribution in [-0.4, -0.2) is 35.7 Å². The molecule has 0 saturated carbocycles. The minimum absolute atomic E-state index is 0.0927. The number of anilines is 2. The number of nitrogen functional groups attached to an aromatic ring is 1. The van der Waals surface area contributed by atoms with Crippen LogP contribution in [0.2, 0.25) is 0 Å². The van der Waals surface area contributed by atoms with Crippen molar-refractivity contribution in [3.05, 3.63) is 4.88 Å². The SMILES string of the molecule is CCNc1nc(N)c(C(=O)NCCO)s1. The van der Waals surface area contributed by atoms with Crippen LogP contribution in [0.3, 0.4) is 0 Å². The summed E-state index contributed by atoms with van der Waals surface area (Å²) in [7, 11) is 0. The Morgan fingerprint density at radius 2 is 2.40 bits per heavy atom. The molecular weight excluding hydrogens is 216 g/mol. The lowest BCUT2D eigenvalue weighted by molar-refractivity contribution is 0.0949. The molecule has 1 aromatic rings. The molecule has 0 atom stereocenters. The molecule has 1 aromatic heterocycles. The van der Waals surface area contributed by atoms with Gasteiger partial charge in [0.1, 0.15) is 10.7 Å². The van der Waals surface area contributed by atoms with Crippen molar-refractivity contribution < 1.29 is 9.90 Å². The monoisotopic (exact) mass is 230 g/mol. The molecule has 0 radical (unpaired) electrons. The molecule has 15 heavy (non-hydrogen) atoms. The van der Waals surface area contributed by atoms with Gasteiger partial charge in [0, 0.05) is 13.1 Å². The van der Waals surface area contributed by atoms with Crippen molar-refractivity contribution >= 4 is 28.2 Å². The number of hydrogen-bond acceptors (Lipinski definition) is 6. The summed E-state index contributed by atoms with van der Waals surface area (Å²) in [5.74, 6) is -0.0883. The molecule has 0 aliphatic rings. The van der Waals surface area contributed by atoms with Crippen LogP contribution >= 0.6 is 11.3 Å². The molecule has 0 unspecified atom stereocenters. The van der Waals surface area contributed by atoms with Crippen molar-refractivity contribution in [1.29, 1.82) is 0 Å². The minimum Gasteiger partial charge on any atom is -0.395 e. The third kappa shape index (κ3) is 3.07. The minimum atomic E-state index is -0.303. The number of nitrogens with one attached hydrogen (secondary N) is 2. The number of rotatable bonds is 5. The summed E-state index contributed by atoms with van der Waals surface area (Å²) < 4.78 is 0. The van der Waals surface area contributed by atoms with Gasteiger partial charge in [0.15, 0.2) is 5.13 Å². The van der Waals surface area contributed by atoms with Gasteiger partial charge in [-0.15, -0.1) is 0 Å². The van der Waals surface area contributed by atoms with E-state index in [1.807, 2.05) is 6.92 Å². The van der Waals surface area contributed by atoms with Gasteiger partial charge in [0.05, 0.1) is 6.61 Å². The molecule has 7 heteroatoms. The number of carbonyl (C=O) groups excluding carboxylic acids is 1. The Bertz CT molecular complexity index is 339. The second-order valence-corrected chi connectivity index (χ2v) is 3.74. The zero-order valence-electron chi connectivity index (χ0n) is 8.41. The Balaban J connectivity index is 2.71. The third-order valence-corrected chi connectivity index (χ3v) is 2.61. The lowest BCUT2D eigenvalue weighted by Gasteiger charge is -1.99. The van der Waals surface area contributed by atoms with E-state index in [0.29, 0.717) is 10.0 Å². The van der Waals surface area contributed by atoms with E-state index in [9.17, 15) is 4.79 Å². The standard InChI is InChI=1S/C8H14N4O2S/c1-2-10-8-12-6(9)5(15-8)7(14)11-3-4-13/h13H,2-4,9H2,1H3,(H,10,12)(H,11,14). The van der Waals surface area contributed by atoms with Crippen molar-refractivity contribution in [2.24, 2.45) is 0 Å². The highest BCUT2D eigenvalue weighted by atomic mass is 32.1. The Morgan fingerprint density at radius 1 is 1.67 bits per heavy atom. The first-order chi connectivity index (χ1) is 7.19. The van der Waals surface area contributed by atoms with Crippen LogP contribution in [0.4, 0.5) is 10.9 Å². The predicted octanol–water partition coefficient (Wildman–Crippen LogP) is -0.121. The van der Waals surface area contributed by atoms with Gasteiger partial charge in [0.2, 0.25) is 0 Å². The topological polar surface area (TPSA) is 100 Å². The zero-order valence-corrected chi connectivity index (χ0v) is 9.23. The number of nitrogens with two attached hydrogens (primary N) is 1. The summed E-state index contributed by atoms with van der Waals surface area (Å²) in [6, 6.07) is 0. The van der Waals surface area contributed by atoms with E-state index >= 15 is 0 Å². The van der Waals surface area contributed by atoms with Gasteiger partial charge < -0.3 is 21.5 Å². The van der Waals surface area contributed by atoms with Crippen molar-refractivity contribution in [1.82, 2.24) is 10.3 Å². The number of aliphatic hydroxyl groups is 1. The van der Waals surface area contributed by atoms with Crippen LogP contribution in [0.1, 0.15) is 16.6 Å². The third-order valence-electron chi connectivity index (χ3n) is 1.58. The molecule has 84 valence electrons. The van der Waals surface area contributed by atoms with Crippen LogP contribution in [0.15, 0.2) is 0 Å². The van der Waals surface area contributed by atoms with Crippen molar-refractivity contribution in [2.75, 3.05) is 30.7 Å². The van der Waals surface area contributed by atoms with Crippen LogP contribution < -0.4 is 16.4 Å². The maximum absolute atomic E-state index is 11.5. The second kappa shape index (κ2) is 5.52. The molecule has 0 bridgehead atoms. The van der Waals surface area contributed by atoms with Crippen molar-refractivity contribution in [3.63, 3.8) is 0 Å². The van der Waals surface area contributed by atoms with E-state index < -0.39 is 0 Å². The number of hydrogen-bond donors (Lipinski definition) is 4. The van der Waals surface area contributed by atoms with Gasteiger partial charge in [0.25, 0.3) is 5.91 Å². The molecule has 1 rings (SSSR count). The average Bonchev–Trinajstić information content (AvgIpc) is 2.57. The Kier molecular flexibility index (Phi) is 4.32. The molecule has 0 fully saturated rings. The predicted molar refractivity (Wildman–Crippen MR) is 60.1 cm³/mol. The first kappa shape index (κ1) is 11.7. The Hall–Kier alpha value is -1.34. The lowest BCUT2D eigenvalue weighted by atomic mass is 10.4. The fraction of sp³-hybridized carbons (Fsp3) is 0.500. The van der Waals surface area contributed by atoms with E-state index in [1.165, 1.54) is 11.3 Å². The molecular formula is C8H14N4O2S. The molecule has 5 N–H and O–H groups in total. The average molecular weight is 230 g/mol. The van der Waals surface area contributed by atoms with Gasteiger partial charge in [-0.25, -0.2) is 4.98 Å². The maximum atomic E-state index is 11.5. The summed E-state index contributed by atoms with van der Waals surface area (Å²) in [5.41, 5.74) is 5.58. The fourth-order valence-electron chi connectivity index (χ4n) is 0.971. The lowest BCUT2D eigenvalue weighted by Crippen LogP contribution is -2.26. The molecule has 1 amide bonds. The quantitative estimate of drug-likeness (QED) is 0.565. The van der Waals surface area contributed by atoms with Crippen LogP contribution in [0.5, 0.6) is 0 Å². The second-order valence-electron chi connectivity index (χ2n) is 2.74. The number of thiazole rings is 1. The summed E-state index contributed by atoms with van der Waals surface area (Å²) in [6.45, 7) is 2.78. The van der Waals surface area contributed by atoms with Crippen LogP contribution in [0, 0.1) is 0 Å². The highest BCUT2D eigenvalue weighted by Gasteiger charge is 2.14. The van der Waals surface area contributed by atoms with Crippen LogP contribution in [-0.2, 0) is 0 Å². The largest absolute Gasteiger partial charge is 0.395 e. The summed E-state index contributed by atoms with van der Waals surface area (Å²) in [5, 5.41) is 14.7. The molecule has 6 nitrogen and oxygen atoms in total. The highest BCUT2D eigenvalue weighted by Crippen LogP contribution is 2.24. The summed E-state index contributed by atoms with van der Waals surface area (Å²) in [6.07, 6.45) is 0. The van der Waals surface area contributed by atoms with E-state index in [4.69, 9.17) is 10.8 Å². The van der Waals surface area contributed by atoms with E-state index in [1.54, 1.807) is 0 Å². The molecule has 0 aliphatic heterocycles. The van der Waals surface area contributed by atoms with Crippen LogP contribution in [0.25, 0.3) is 0 Å². The Morgan fingerprint density at radius 3 is 3.00 bits per heavy atom. The molecule has 0 spiro atoms. The van der Waals surface area contributed by atoms with Gasteiger partial charge in [-0.3, -0.25) is 4.79 Å². The number of amides is 1. The number of carbonyl (C=O) groups is 1. The highest BCUT2D eigenvalue weighted by molar-refractivity contribution is 7.18. The maximum Gasteiger partial charge on any atom is 0.265 e. The van der Waals surface area contributed by atoms with Gasteiger partial charge >= 0.3 is 0 Å². The van der Waals surface area contributed by atoms with E-state index in [0.717, 1.165) is 6.54 Å². The van der Waals surface area contributed by atoms with Gasteiger partial charge in [-0.05, 0) is 6.92 Å². The van der Waals surface area contributed by atoms with Gasteiger partial charge in [-0.1, -0.05) is 11.3 Å². The van der Waals surface area contributed by atoms with Crippen molar-refractivity contribution in [2.45, 2.75) is 6.92 Å². The summed E-state index contributed by atoms with van der Waals surface area (Å²) >= 11 is 1.20. The van der Waals surface area contributed by atoms with E-state index in [-0.39, 0.29) is 24.9 Å². The normalized spacial score (nSPS) is 10.0. The first-order valence-corrected chi connectivity index (χ1v) is 5.40.